The van der Waals surface area contributed by atoms with E-state index in [0.29, 0.717) is 19.6 Å². The van der Waals surface area contributed by atoms with Gasteiger partial charge in [0, 0.05) is 32.0 Å². The zero-order chi connectivity index (χ0) is 29.5. The number of carbonyl (C=O) groups excluding carboxylic acids is 1. The van der Waals surface area contributed by atoms with Crippen LogP contribution in [0.2, 0.25) is 0 Å². The fourth-order valence-electron chi connectivity index (χ4n) is 6.20. The van der Waals surface area contributed by atoms with Crippen LogP contribution in [-0.4, -0.2) is 25.9 Å². The lowest BCUT2D eigenvalue weighted by molar-refractivity contribution is -0.122. The zero-order valence-corrected chi connectivity index (χ0v) is 25.0. The molecule has 0 aliphatic heterocycles. The average molecular weight is 563 g/mol. The molecule has 0 saturated heterocycles. The molecule has 0 radical (unpaired) electrons. The highest BCUT2D eigenvalue weighted by Gasteiger charge is 2.28. The Hall–Kier alpha value is -3.87. The number of fused-ring (bicyclic) bond motifs is 1. The summed E-state index contributed by atoms with van der Waals surface area (Å²) in [6, 6.07) is 22.7. The van der Waals surface area contributed by atoms with Gasteiger partial charge in [-0.3, -0.25) is 19.7 Å². The lowest BCUT2D eigenvalue weighted by Crippen LogP contribution is -2.32. The molecule has 2 N–H and O–H groups in total. The second kappa shape index (κ2) is 13.9. The van der Waals surface area contributed by atoms with E-state index < -0.39 is 0 Å². The van der Waals surface area contributed by atoms with Crippen LogP contribution in [-0.2, 0) is 37.5 Å². The largest absolute Gasteiger partial charge is 0.392 e. The molecule has 0 saturated carbocycles. The Morgan fingerprint density at radius 2 is 1.86 bits per heavy atom. The Kier molecular flexibility index (Phi) is 9.78. The molecule has 2 aromatic carbocycles. The van der Waals surface area contributed by atoms with Crippen LogP contribution in [0.1, 0.15) is 88.5 Å². The predicted octanol–water partition coefficient (Wildman–Crippen LogP) is 6.48. The van der Waals surface area contributed by atoms with Crippen molar-refractivity contribution in [1.29, 1.82) is 0 Å². The second-order valence-corrected chi connectivity index (χ2v) is 11.5. The predicted molar refractivity (Wildman–Crippen MR) is 167 cm³/mol. The van der Waals surface area contributed by atoms with Crippen LogP contribution in [0.15, 0.2) is 79.1 Å². The van der Waals surface area contributed by atoms with Gasteiger partial charge in [-0.2, -0.15) is 0 Å². The first-order valence-electron chi connectivity index (χ1n) is 15.1. The number of aliphatic hydroxyl groups excluding tert-OH is 1. The summed E-state index contributed by atoms with van der Waals surface area (Å²) in [5, 5.41) is 13.5. The van der Waals surface area contributed by atoms with E-state index in [1.54, 1.807) is 0 Å². The Balaban J connectivity index is 1.37. The highest BCUT2D eigenvalue weighted by molar-refractivity contribution is 5.83. The van der Waals surface area contributed by atoms with Gasteiger partial charge in [-0.25, -0.2) is 0 Å². The van der Waals surface area contributed by atoms with Crippen molar-refractivity contribution in [3.63, 3.8) is 0 Å². The number of hydrogen-bond donors (Lipinski definition) is 2. The molecule has 5 rings (SSSR count). The first-order valence-corrected chi connectivity index (χ1v) is 15.1. The summed E-state index contributed by atoms with van der Waals surface area (Å²) in [5.41, 5.74) is 9.86. The molecule has 6 heteroatoms. The van der Waals surface area contributed by atoms with Crippen molar-refractivity contribution in [3.8, 4) is 0 Å². The van der Waals surface area contributed by atoms with Crippen molar-refractivity contribution in [2.24, 2.45) is 0 Å². The van der Waals surface area contributed by atoms with E-state index in [1.165, 1.54) is 11.1 Å². The second-order valence-electron chi connectivity index (χ2n) is 11.5. The highest BCUT2D eigenvalue weighted by atomic mass is 16.3. The van der Waals surface area contributed by atoms with Crippen molar-refractivity contribution >= 4 is 5.91 Å². The summed E-state index contributed by atoms with van der Waals surface area (Å²) in [4.78, 5) is 25.1. The Labute approximate surface area is 249 Å². The van der Waals surface area contributed by atoms with Crippen molar-refractivity contribution in [3.05, 3.63) is 129 Å². The van der Waals surface area contributed by atoms with Crippen LogP contribution in [0.3, 0.4) is 0 Å². The summed E-state index contributed by atoms with van der Waals surface area (Å²) in [6.07, 6.45) is 7.78. The minimum absolute atomic E-state index is 0.0222. The summed E-state index contributed by atoms with van der Waals surface area (Å²) in [5.74, 6) is -0.156. The zero-order valence-electron chi connectivity index (χ0n) is 25.0. The third-order valence-corrected chi connectivity index (χ3v) is 8.49. The van der Waals surface area contributed by atoms with E-state index in [0.717, 1.165) is 64.9 Å². The number of aromatic nitrogens is 2. The molecule has 2 heterocycles. The van der Waals surface area contributed by atoms with Gasteiger partial charge in [0.15, 0.2) is 0 Å². The van der Waals surface area contributed by atoms with Crippen molar-refractivity contribution in [2.45, 2.75) is 84.7 Å². The summed E-state index contributed by atoms with van der Waals surface area (Å²) in [7, 11) is 0. The van der Waals surface area contributed by atoms with Crippen molar-refractivity contribution in [2.75, 3.05) is 0 Å². The maximum absolute atomic E-state index is 13.0. The van der Waals surface area contributed by atoms with E-state index in [1.807, 2.05) is 61.8 Å². The minimum atomic E-state index is -0.179. The van der Waals surface area contributed by atoms with Gasteiger partial charge in [0.25, 0.3) is 0 Å². The first kappa shape index (κ1) is 29.6. The van der Waals surface area contributed by atoms with Gasteiger partial charge in [0.1, 0.15) is 0 Å². The molecular weight excluding hydrogens is 520 g/mol. The third kappa shape index (κ3) is 6.94. The molecule has 1 aliphatic carbocycles. The molecule has 6 nitrogen and oxygen atoms in total. The molecule has 0 unspecified atom stereocenters. The van der Waals surface area contributed by atoms with E-state index >= 15 is 0 Å². The normalized spacial score (nSPS) is 15.3. The molecule has 0 spiro atoms. The molecule has 4 aromatic rings. The van der Waals surface area contributed by atoms with Crippen LogP contribution < -0.4 is 5.32 Å². The lowest BCUT2D eigenvalue weighted by atomic mass is 9.90. The van der Waals surface area contributed by atoms with Gasteiger partial charge in [0.2, 0.25) is 5.91 Å². The number of aryl methyl sites for hydroxylation is 3. The summed E-state index contributed by atoms with van der Waals surface area (Å²) in [6.45, 7) is 7.97. The number of pyridine rings is 2. The third-order valence-electron chi connectivity index (χ3n) is 8.49. The van der Waals surface area contributed by atoms with Gasteiger partial charge >= 0.3 is 0 Å². The van der Waals surface area contributed by atoms with Gasteiger partial charge in [0.05, 0.1) is 30.0 Å². The molecule has 2 aromatic heterocycles. The molecule has 0 bridgehead atoms. The smallest absolute Gasteiger partial charge is 0.227 e. The van der Waals surface area contributed by atoms with Crippen molar-refractivity contribution in [1.82, 2.24) is 20.2 Å². The number of hydrogen-bond acceptors (Lipinski definition) is 5. The number of rotatable bonds is 11. The molecule has 2 atom stereocenters. The number of carbonyl (C=O) groups is 1. The lowest BCUT2D eigenvalue weighted by Gasteiger charge is -2.35. The minimum Gasteiger partial charge on any atom is -0.392 e. The van der Waals surface area contributed by atoms with Crippen LogP contribution >= 0.6 is 0 Å². The van der Waals surface area contributed by atoms with Gasteiger partial charge < -0.3 is 10.4 Å². The van der Waals surface area contributed by atoms with Crippen LogP contribution in [0.5, 0.6) is 0 Å². The van der Waals surface area contributed by atoms with Gasteiger partial charge in [-0.1, -0.05) is 67.6 Å². The van der Waals surface area contributed by atoms with Crippen LogP contribution in [0, 0.1) is 13.8 Å². The molecule has 0 fully saturated rings. The number of nitrogens with one attached hydrogen (secondary N) is 1. The maximum atomic E-state index is 13.0. The molecule has 42 heavy (non-hydrogen) atoms. The van der Waals surface area contributed by atoms with Crippen molar-refractivity contribution < 1.29 is 9.90 Å². The van der Waals surface area contributed by atoms with E-state index in [2.05, 4.69) is 48.3 Å². The molecule has 218 valence electrons. The Morgan fingerprint density at radius 3 is 2.62 bits per heavy atom. The number of nitrogens with zero attached hydrogens (tertiary/aromatic N) is 3. The number of aliphatic hydroxyl groups is 1. The quantitative estimate of drug-likeness (QED) is 0.219. The van der Waals surface area contributed by atoms with Crippen LogP contribution in [0.25, 0.3) is 0 Å². The van der Waals surface area contributed by atoms with Crippen LogP contribution in [0.4, 0.5) is 0 Å². The Morgan fingerprint density at radius 1 is 1.02 bits per heavy atom. The average Bonchev–Trinajstić information content (AvgIpc) is 3.02. The standard InChI is InChI=1S/C36H42N4O2/c1-4-32(28-10-6-5-7-11-28)36(42)39-21-27-15-16-30(31(19-27)24-41)22-40(23-33-26(3)18-25(2)20-38-33)34-14-8-12-29-13-9-17-37-35(29)34/h5-7,9-11,13,15-20,32,34,41H,4,8,12,14,21-24H2,1-3H3,(H,39,42)/t32-,34+/m0/s1. The summed E-state index contributed by atoms with van der Waals surface area (Å²) < 4.78 is 0. The highest BCUT2D eigenvalue weighted by Crippen LogP contribution is 2.35. The SMILES string of the molecule is CC[C@H](C(=O)NCc1ccc(CN(Cc2ncc(C)cc2C)[C@@H]2CCCc3cccnc32)c(CO)c1)c1ccccc1. The van der Waals surface area contributed by atoms with E-state index in [9.17, 15) is 9.90 Å². The Bertz CT molecular complexity index is 1500. The first-order chi connectivity index (χ1) is 20.5. The topological polar surface area (TPSA) is 78.4 Å². The number of amides is 1. The van der Waals surface area contributed by atoms with Gasteiger partial charge in [-0.05, 0) is 84.5 Å². The van der Waals surface area contributed by atoms with E-state index in [4.69, 9.17) is 9.97 Å². The molecular formula is C36H42N4O2. The van der Waals surface area contributed by atoms with Gasteiger partial charge in [-0.15, -0.1) is 0 Å². The molecule has 1 aliphatic rings. The summed E-state index contributed by atoms with van der Waals surface area (Å²) >= 11 is 0. The van der Waals surface area contributed by atoms with E-state index in [-0.39, 0.29) is 24.5 Å². The maximum Gasteiger partial charge on any atom is 0.227 e. The fourth-order valence-corrected chi connectivity index (χ4v) is 6.20. The molecule has 1 amide bonds. The fraction of sp³-hybridized carbons (Fsp3) is 0.361. The number of benzene rings is 2. The monoisotopic (exact) mass is 562 g/mol.